The maximum absolute atomic E-state index is 12.6. The number of hydrogen-bond donors (Lipinski definition) is 3. The van der Waals surface area contributed by atoms with Crippen molar-refractivity contribution in [3.05, 3.63) is 72.3 Å². The topological polar surface area (TPSA) is 105 Å². The Kier molecular flexibility index (Phi) is 6.32. The minimum Gasteiger partial charge on any atom is -0.480 e. The fraction of sp³-hybridized carbons (Fsp3) is 0.393. The van der Waals surface area contributed by atoms with E-state index >= 15 is 0 Å². The summed E-state index contributed by atoms with van der Waals surface area (Å²) in [7, 11) is 0. The van der Waals surface area contributed by atoms with Gasteiger partial charge in [0.05, 0.1) is 0 Å². The lowest BCUT2D eigenvalue weighted by atomic mass is 9.71. The van der Waals surface area contributed by atoms with E-state index in [1.165, 1.54) is 28.3 Å². The van der Waals surface area contributed by atoms with Gasteiger partial charge < -0.3 is 20.5 Å². The number of aliphatic carboxylic acids is 1. The number of carboxylic acid groups (broad SMARTS) is 1. The van der Waals surface area contributed by atoms with Crippen LogP contribution in [-0.4, -0.2) is 41.8 Å². The highest BCUT2D eigenvalue weighted by atomic mass is 16.5. The second kappa shape index (κ2) is 9.56. The highest BCUT2D eigenvalue weighted by Crippen LogP contribution is 2.50. The molecule has 0 aromatic heterocycles. The van der Waals surface area contributed by atoms with Crippen molar-refractivity contribution in [3.63, 3.8) is 0 Å². The number of carbonyl (C=O) groups is 3. The van der Waals surface area contributed by atoms with Gasteiger partial charge in [-0.3, -0.25) is 4.79 Å². The number of amides is 2. The molecule has 2 saturated carbocycles. The predicted molar refractivity (Wildman–Crippen MR) is 131 cm³/mol. The second-order valence-corrected chi connectivity index (χ2v) is 9.83. The Bertz CT molecular complexity index is 1120. The average molecular weight is 475 g/mol. The van der Waals surface area contributed by atoms with E-state index in [1.807, 2.05) is 24.3 Å². The van der Waals surface area contributed by atoms with Gasteiger partial charge >= 0.3 is 12.1 Å². The molecule has 3 N–H and O–H groups in total. The van der Waals surface area contributed by atoms with Crippen molar-refractivity contribution < 1.29 is 24.2 Å². The monoisotopic (exact) mass is 474 g/mol. The lowest BCUT2D eigenvalue weighted by Crippen LogP contribution is -2.50. The van der Waals surface area contributed by atoms with E-state index in [0.717, 1.165) is 12.8 Å². The highest BCUT2D eigenvalue weighted by molar-refractivity contribution is 5.85. The molecule has 5 atom stereocenters. The van der Waals surface area contributed by atoms with Crippen molar-refractivity contribution >= 4 is 18.0 Å². The van der Waals surface area contributed by atoms with Crippen molar-refractivity contribution in [2.24, 2.45) is 17.8 Å². The van der Waals surface area contributed by atoms with Crippen LogP contribution in [0.15, 0.2) is 61.2 Å². The summed E-state index contributed by atoms with van der Waals surface area (Å²) >= 11 is 0. The fourth-order valence-electron chi connectivity index (χ4n) is 6.08. The summed E-state index contributed by atoms with van der Waals surface area (Å²) in [5.41, 5.74) is 4.72. The third-order valence-corrected chi connectivity index (χ3v) is 7.86. The number of carboxylic acids is 1. The molecule has 7 heteroatoms. The van der Waals surface area contributed by atoms with Crippen LogP contribution in [-0.2, 0) is 14.3 Å². The van der Waals surface area contributed by atoms with E-state index in [1.54, 1.807) is 0 Å². The van der Waals surface area contributed by atoms with E-state index in [2.05, 4.69) is 41.5 Å². The smallest absolute Gasteiger partial charge is 0.407 e. The van der Waals surface area contributed by atoms with E-state index in [0.29, 0.717) is 12.3 Å². The average Bonchev–Trinajstić information content (AvgIpc) is 3.36. The van der Waals surface area contributed by atoms with Gasteiger partial charge in [0.2, 0.25) is 5.91 Å². The third-order valence-electron chi connectivity index (χ3n) is 7.86. The predicted octanol–water partition coefficient (Wildman–Crippen LogP) is 4.09. The molecule has 0 spiro atoms. The summed E-state index contributed by atoms with van der Waals surface area (Å²) in [5.74, 6) is -0.922. The van der Waals surface area contributed by atoms with E-state index in [9.17, 15) is 19.5 Å². The van der Waals surface area contributed by atoms with Crippen LogP contribution in [0, 0.1) is 17.8 Å². The molecule has 0 bridgehead atoms. The number of rotatable bonds is 8. The molecule has 0 radical (unpaired) electrons. The zero-order valence-electron chi connectivity index (χ0n) is 19.5. The maximum Gasteiger partial charge on any atom is 0.407 e. The van der Waals surface area contributed by atoms with Gasteiger partial charge in [0.25, 0.3) is 0 Å². The largest absolute Gasteiger partial charge is 0.480 e. The summed E-state index contributed by atoms with van der Waals surface area (Å²) in [4.78, 5) is 36.6. The SMILES string of the molecule is C=CCC(NC(=O)C1CC2CC(NC(=O)OCC3c4ccccc4-c4ccccc43)C2C1)C(=O)O. The second-order valence-electron chi connectivity index (χ2n) is 9.83. The summed E-state index contributed by atoms with van der Waals surface area (Å²) in [5, 5.41) is 14.9. The first-order valence-electron chi connectivity index (χ1n) is 12.2. The Hall–Kier alpha value is -3.61. The first kappa shape index (κ1) is 23.1. The number of benzene rings is 2. The molecule has 7 nitrogen and oxygen atoms in total. The van der Waals surface area contributed by atoms with Gasteiger partial charge in [0.15, 0.2) is 0 Å². The summed E-state index contributed by atoms with van der Waals surface area (Å²) in [6, 6.07) is 15.5. The molecule has 5 rings (SSSR count). The normalized spacial score (nSPS) is 24.8. The van der Waals surface area contributed by atoms with Gasteiger partial charge in [0.1, 0.15) is 12.6 Å². The van der Waals surface area contributed by atoms with Crippen LogP contribution in [0.4, 0.5) is 4.79 Å². The lowest BCUT2D eigenvalue weighted by molar-refractivity contribution is -0.142. The Labute approximate surface area is 204 Å². The number of ether oxygens (including phenoxy) is 1. The van der Waals surface area contributed by atoms with Gasteiger partial charge in [-0.05, 0) is 59.8 Å². The summed E-state index contributed by atoms with van der Waals surface area (Å²) < 4.78 is 5.67. The van der Waals surface area contributed by atoms with Gasteiger partial charge in [0, 0.05) is 17.9 Å². The van der Waals surface area contributed by atoms with E-state index < -0.39 is 18.1 Å². The first-order chi connectivity index (χ1) is 17.0. The highest BCUT2D eigenvalue weighted by Gasteiger charge is 2.50. The molecule has 0 heterocycles. The Balaban J connectivity index is 1.13. The van der Waals surface area contributed by atoms with Crippen LogP contribution in [0.2, 0.25) is 0 Å². The standard InChI is InChI=1S/C28H30N2O5/c1-2-7-24(27(32)33)29-26(31)17-12-16-14-25(22(16)13-17)30-28(34)35-15-23-20-10-5-3-8-18(20)19-9-4-6-11-21(19)23/h2-6,8-11,16-17,22-25H,1,7,12-15H2,(H,29,31)(H,30,34)(H,32,33). The quantitative estimate of drug-likeness (QED) is 0.500. The molecule has 5 unspecified atom stereocenters. The Morgan fingerprint density at radius 1 is 1.03 bits per heavy atom. The van der Waals surface area contributed by atoms with Crippen LogP contribution in [0.25, 0.3) is 11.1 Å². The van der Waals surface area contributed by atoms with E-state index in [-0.39, 0.29) is 42.7 Å². The third kappa shape index (κ3) is 4.43. The van der Waals surface area contributed by atoms with Gasteiger partial charge in [-0.25, -0.2) is 9.59 Å². The van der Waals surface area contributed by atoms with Crippen molar-refractivity contribution in [2.45, 2.75) is 43.7 Å². The van der Waals surface area contributed by atoms with Crippen molar-refractivity contribution in [3.8, 4) is 11.1 Å². The molecule has 2 aromatic rings. The van der Waals surface area contributed by atoms with Crippen molar-refractivity contribution in [1.29, 1.82) is 0 Å². The fourth-order valence-corrected chi connectivity index (χ4v) is 6.08. The van der Waals surface area contributed by atoms with Crippen molar-refractivity contribution in [2.75, 3.05) is 6.61 Å². The van der Waals surface area contributed by atoms with Crippen LogP contribution in [0.3, 0.4) is 0 Å². The van der Waals surface area contributed by atoms with Gasteiger partial charge in [-0.1, -0.05) is 54.6 Å². The van der Waals surface area contributed by atoms with Crippen molar-refractivity contribution in [1.82, 2.24) is 10.6 Å². The Morgan fingerprint density at radius 2 is 1.69 bits per heavy atom. The molecule has 0 saturated heterocycles. The van der Waals surface area contributed by atoms with Crippen LogP contribution in [0.5, 0.6) is 0 Å². The minimum absolute atomic E-state index is 0.0135. The molecule has 3 aliphatic rings. The molecule has 35 heavy (non-hydrogen) atoms. The number of fused-ring (bicyclic) bond motifs is 4. The number of nitrogens with one attached hydrogen (secondary N) is 2. The lowest BCUT2D eigenvalue weighted by Gasteiger charge is -2.40. The number of alkyl carbamates (subject to hydrolysis) is 1. The molecule has 0 aliphatic heterocycles. The zero-order valence-corrected chi connectivity index (χ0v) is 19.5. The molecular weight excluding hydrogens is 444 g/mol. The maximum atomic E-state index is 12.6. The van der Waals surface area contributed by atoms with Crippen LogP contribution >= 0.6 is 0 Å². The molecule has 2 fully saturated rings. The first-order valence-corrected chi connectivity index (χ1v) is 12.2. The van der Waals surface area contributed by atoms with Crippen LogP contribution in [0.1, 0.15) is 42.7 Å². The van der Waals surface area contributed by atoms with Gasteiger partial charge in [-0.2, -0.15) is 0 Å². The Morgan fingerprint density at radius 3 is 2.31 bits per heavy atom. The van der Waals surface area contributed by atoms with Crippen LogP contribution < -0.4 is 10.6 Å². The summed E-state index contributed by atoms with van der Waals surface area (Å²) in [6.07, 6.45) is 3.43. The zero-order chi connectivity index (χ0) is 24.5. The van der Waals surface area contributed by atoms with Gasteiger partial charge in [-0.15, -0.1) is 6.58 Å². The van der Waals surface area contributed by atoms with E-state index in [4.69, 9.17) is 4.74 Å². The minimum atomic E-state index is -1.06. The summed E-state index contributed by atoms with van der Waals surface area (Å²) in [6.45, 7) is 3.82. The molecule has 2 amide bonds. The number of hydrogen-bond acceptors (Lipinski definition) is 4. The molecular formula is C28H30N2O5. The molecule has 3 aliphatic carbocycles. The molecule has 2 aromatic carbocycles. The molecule has 182 valence electrons. The number of carbonyl (C=O) groups excluding carboxylic acids is 2.